The number of aromatic nitrogens is 1. The molecule has 1 aromatic heterocycles. The van der Waals surface area contributed by atoms with Crippen molar-refractivity contribution < 1.29 is 32.0 Å². The van der Waals surface area contributed by atoms with E-state index in [1.165, 1.54) is 6.07 Å². The fourth-order valence-corrected chi connectivity index (χ4v) is 5.01. The summed E-state index contributed by atoms with van der Waals surface area (Å²) < 4.78 is 54.2. The highest BCUT2D eigenvalue weighted by Gasteiger charge is 2.45. The number of halogens is 5. The zero-order valence-corrected chi connectivity index (χ0v) is 18.2. The fourth-order valence-electron chi connectivity index (χ4n) is 4.42. The van der Waals surface area contributed by atoms with Gasteiger partial charge in [0.05, 0.1) is 22.8 Å². The first-order valence-corrected chi connectivity index (χ1v) is 11.1. The second-order valence-electron chi connectivity index (χ2n) is 8.44. The Morgan fingerprint density at radius 2 is 2.03 bits per heavy atom. The van der Waals surface area contributed by atoms with Crippen LogP contribution >= 0.6 is 23.2 Å². The van der Waals surface area contributed by atoms with E-state index in [1.54, 1.807) is 0 Å². The molecule has 172 valence electrons. The lowest BCUT2D eigenvalue weighted by Gasteiger charge is -2.39. The predicted octanol–water partition coefficient (Wildman–Crippen LogP) is 5.12. The Morgan fingerprint density at radius 1 is 1.25 bits per heavy atom. The van der Waals surface area contributed by atoms with Crippen LogP contribution in [0.5, 0.6) is 5.75 Å². The monoisotopic (exact) mass is 490 g/mol. The van der Waals surface area contributed by atoms with Gasteiger partial charge < -0.3 is 19.3 Å². The van der Waals surface area contributed by atoms with Gasteiger partial charge in [0.25, 0.3) is 0 Å². The highest BCUT2D eigenvalue weighted by Crippen LogP contribution is 2.48. The van der Waals surface area contributed by atoms with Crippen LogP contribution in [-0.4, -0.2) is 36.5 Å². The van der Waals surface area contributed by atoms with Crippen LogP contribution in [0.4, 0.5) is 13.2 Å². The molecule has 2 saturated carbocycles. The maximum absolute atomic E-state index is 12.6. The number of fused-ring (bicyclic) bond motifs is 1. The van der Waals surface area contributed by atoms with Crippen molar-refractivity contribution in [3.8, 4) is 17.0 Å². The standard InChI is InChI=1S/C21H19Cl2F3N2O4/c22-13-3-4-14(31-20(29)21(24,25)26)17(23)16(13)18-12(19(32-28-18)9-1-2-9)8-30-15-5-10-6-27-7-11(10)15/h3-4,9-11,15,27H,1-2,5-8H2/t10-,11+,15?/m0/s1. The van der Waals surface area contributed by atoms with Crippen molar-refractivity contribution in [3.05, 3.63) is 33.5 Å². The molecule has 32 heavy (non-hydrogen) atoms. The quantitative estimate of drug-likeness (QED) is 0.447. The largest absolute Gasteiger partial charge is 0.491 e. The van der Waals surface area contributed by atoms with E-state index in [0.717, 1.165) is 38.4 Å². The van der Waals surface area contributed by atoms with Crippen LogP contribution in [-0.2, 0) is 16.1 Å². The Labute approximate surface area is 191 Å². The molecule has 2 aliphatic carbocycles. The van der Waals surface area contributed by atoms with Crippen LogP contribution < -0.4 is 10.1 Å². The first-order chi connectivity index (χ1) is 15.2. The van der Waals surface area contributed by atoms with Crippen LogP contribution in [0.3, 0.4) is 0 Å². The minimum Gasteiger partial charge on any atom is -0.418 e. The van der Waals surface area contributed by atoms with E-state index in [0.29, 0.717) is 23.2 Å². The van der Waals surface area contributed by atoms with E-state index in [9.17, 15) is 18.0 Å². The molecule has 1 saturated heterocycles. The highest BCUT2D eigenvalue weighted by atomic mass is 35.5. The van der Waals surface area contributed by atoms with Crippen molar-refractivity contribution in [1.82, 2.24) is 10.5 Å². The van der Waals surface area contributed by atoms with Gasteiger partial charge in [-0.25, -0.2) is 4.79 Å². The summed E-state index contributed by atoms with van der Waals surface area (Å²) in [5.74, 6) is -0.852. The van der Waals surface area contributed by atoms with Crippen LogP contribution in [0.25, 0.3) is 11.3 Å². The summed E-state index contributed by atoms with van der Waals surface area (Å²) in [6, 6.07) is 2.41. The molecular formula is C21H19Cl2F3N2O4. The normalized spacial score (nSPS) is 24.8. The lowest BCUT2D eigenvalue weighted by molar-refractivity contribution is -0.189. The maximum atomic E-state index is 12.6. The number of alkyl halides is 3. The summed E-state index contributed by atoms with van der Waals surface area (Å²) in [6.07, 6.45) is -2.17. The Balaban J connectivity index is 1.45. The average Bonchev–Trinajstić information content (AvgIpc) is 3.38. The Morgan fingerprint density at radius 3 is 2.72 bits per heavy atom. The molecule has 0 bridgehead atoms. The smallest absolute Gasteiger partial charge is 0.418 e. The predicted molar refractivity (Wildman–Crippen MR) is 109 cm³/mol. The third-order valence-electron chi connectivity index (χ3n) is 6.34. The Hall–Kier alpha value is -1.81. The molecular weight excluding hydrogens is 472 g/mol. The molecule has 5 rings (SSSR count). The molecule has 0 radical (unpaired) electrons. The summed E-state index contributed by atoms with van der Waals surface area (Å²) in [6.45, 7) is 2.15. The van der Waals surface area contributed by atoms with Gasteiger partial charge in [0.2, 0.25) is 0 Å². The zero-order chi connectivity index (χ0) is 22.6. The minimum atomic E-state index is -5.16. The number of rotatable bonds is 6. The number of carbonyl (C=O) groups is 1. The molecule has 2 heterocycles. The van der Waals surface area contributed by atoms with Crippen molar-refractivity contribution in [3.63, 3.8) is 0 Å². The van der Waals surface area contributed by atoms with E-state index in [-0.39, 0.29) is 39.9 Å². The van der Waals surface area contributed by atoms with Gasteiger partial charge >= 0.3 is 12.1 Å². The number of nitrogens with one attached hydrogen (secondary N) is 1. The molecule has 2 aromatic rings. The van der Waals surface area contributed by atoms with Gasteiger partial charge in [0, 0.05) is 29.5 Å². The second-order valence-corrected chi connectivity index (χ2v) is 9.22. The van der Waals surface area contributed by atoms with Gasteiger partial charge in [-0.05, 0) is 43.9 Å². The van der Waals surface area contributed by atoms with Crippen molar-refractivity contribution >= 4 is 29.2 Å². The van der Waals surface area contributed by atoms with Gasteiger partial charge in [-0.15, -0.1) is 0 Å². The molecule has 3 atom stereocenters. The molecule has 0 spiro atoms. The van der Waals surface area contributed by atoms with Crippen LogP contribution in [0.2, 0.25) is 10.0 Å². The molecule has 1 unspecified atom stereocenters. The molecule has 3 aliphatic rings. The number of carbonyl (C=O) groups excluding carboxylic acids is 1. The topological polar surface area (TPSA) is 73.6 Å². The molecule has 6 nitrogen and oxygen atoms in total. The average molecular weight is 491 g/mol. The Bertz CT molecular complexity index is 1050. The summed E-state index contributed by atoms with van der Waals surface area (Å²) in [5.41, 5.74) is 1.10. The third-order valence-corrected chi connectivity index (χ3v) is 7.03. The highest BCUT2D eigenvalue weighted by molar-refractivity contribution is 6.40. The first kappa shape index (κ1) is 22.0. The van der Waals surface area contributed by atoms with E-state index >= 15 is 0 Å². The summed E-state index contributed by atoms with van der Waals surface area (Å²) in [5, 5.41) is 7.38. The summed E-state index contributed by atoms with van der Waals surface area (Å²) >= 11 is 12.7. The van der Waals surface area contributed by atoms with Crippen molar-refractivity contribution in [2.45, 2.75) is 44.1 Å². The maximum Gasteiger partial charge on any atom is 0.491 e. The number of hydrogen-bond donors (Lipinski definition) is 1. The zero-order valence-electron chi connectivity index (χ0n) is 16.7. The molecule has 0 amide bonds. The second kappa shape index (κ2) is 8.20. The number of nitrogens with zero attached hydrogens (tertiary/aromatic N) is 1. The van der Waals surface area contributed by atoms with Crippen LogP contribution in [0.15, 0.2) is 16.7 Å². The van der Waals surface area contributed by atoms with E-state index in [1.807, 2.05) is 0 Å². The van der Waals surface area contributed by atoms with Gasteiger partial charge in [0.15, 0.2) is 5.75 Å². The fraction of sp³-hybridized carbons (Fsp3) is 0.524. The van der Waals surface area contributed by atoms with E-state index in [2.05, 4.69) is 15.2 Å². The molecule has 1 aromatic carbocycles. The first-order valence-electron chi connectivity index (χ1n) is 10.3. The van der Waals surface area contributed by atoms with Gasteiger partial charge in [-0.3, -0.25) is 0 Å². The number of ether oxygens (including phenoxy) is 2. The Kier molecular flexibility index (Phi) is 5.64. The van der Waals surface area contributed by atoms with E-state index in [4.69, 9.17) is 32.5 Å². The van der Waals surface area contributed by atoms with Gasteiger partial charge in [-0.1, -0.05) is 28.4 Å². The number of hydrogen-bond acceptors (Lipinski definition) is 6. The van der Waals surface area contributed by atoms with Gasteiger partial charge in [-0.2, -0.15) is 13.2 Å². The van der Waals surface area contributed by atoms with Crippen LogP contribution in [0.1, 0.15) is 36.5 Å². The molecule has 11 heteroatoms. The number of esters is 1. The number of benzene rings is 1. The van der Waals surface area contributed by atoms with Crippen LogP contribution in [0, 0.1) is 11.8 Å². The lowest BCUT2D eigenvalue weighted by atomic mass is 9.73. The minimum absolute atomic E-state index is 0.120. The third kappa shape index (κ3) is 4.00. The lowest BCUT2D eigenvalue weighted by Crippen LogP contribution is -2.42. The SMILES string of the molecule is O=C(Oc1ccc(Cl)c(-c2noc(C3CC3)c2COC2C[C@H]3CNC[C@@H]23)c1Cl)C(F)(F)F. The summed E-state index contributed by atoms with van der Waals surface area (Å²) in [4.78, 5) is 11.3. The summed E-state index contributed by atoms with van der Waals surface area (Å²) in [7, 11) is 0. The van der Waals surface area contributed by atoms with Crippen molar-refractivity contribution in [1.29, 1.82) is 0 Å². The van der Waals surface area contributed by atoms with Gasteiger partial charge in [0.1, 0.15) is 11.5 Å². The van der Waals surface area contributed by atoms with Crippen molar-refractivity contribution in [2.75, 3.05) is 13.1 Å². The van der Waals surface area contributed by atoms with Crippen molar-refractivity contribution in [2.24, 2.45) is 11.8 Å². The molecule has 1 N–H and O–H groups in total. The van der Waals surface area contributed by atoms with E-state index < -0.39 is 17.9 Å². The molecule has 1 aliphatic heterocycles. The molecule has 3 fully saturated rings.